The zero-order valence-electron chi connectivity index (χ0n) is 9.33. The minimum Gasteiger partial charge on any atom is -0.368 e. The lowest BCUT2D eigenvalue weighted by Crippen LogP contribution is -2.54. The highest BCUT2D eigenvalue weighted by molar-refractivity contribution is 9.10. The lowest BCUT2D eigenvalue weighted by molar-refractivity contribution is -0.377. The summed E-state index contributed by atoms with van der Waals surface area (Å²) in [5.41, 5.74) is -9.57. The molecule has 0 saturated carbocycles. The van der Waals surface area contributed by atoms with Crippen molar-refractivity contribution in [2.24, 2.45) is 0 Å². The molecule has 1 aromatic rings. The lowest BCUT2D eigenvalue weighted by Gasteiger charge is -2.32. The van der Waals surface area contributed by atoms with Crippen molar-refractivity contribution in [3.8, 4) is 0 Å². The average molecular weight is 392 g/mol. The number of aromatic nitrogens is 1. The number of pyridine rings is 1. The highest BCUT2D eigenvalue weighted by Crippen LogP contribution is 2.50. The predicted molar refractivity (Wildman–Crippen MR) is 52.9 cm³/mol. The fourth-order valence-corrected chi connectivity index (χ4v) is 1.75. The molecular formula is C9H3BrF9NO. The smallest absolute Gasteiger partial charge is 0.368 e. The number of halogens is 10. The maximum absolute atomic E-state index is 12.5. The van der Waals surface area contributed by atoms with Crippen molar-refractivity contribution in [2.45, 2.75) is 24.1 Å². The summed E-state index contributed by atoms with van der Waals surface area (Å²) in [6.07, 6.45) is -17.8. The molecule has 21 heavy (non-hydrogen) atoms. The Morgan fingerprint density at radius 2 is 1.33 bits per heavy atom. The fraction of sp³-hybridized carbons (Fsp3) is 0.444. The van der Waals surface area contributed by atoms with Crippen LogP contribution in [0.25, 0.3) is 0 Å². The van der Waals surface area contributed by atoms with E-state index in [1.54, 1.807) is 0 Å². The first-order valence-corrected chi connectivity index (χ1v) is 5.50. The number of hydrogen-bond acceptors (Lipinski definition) is 2. The van der Waals surface area contributed by atoms with Crippen LogP contribution in [0.4, 0.5) is 39.5 Å². The molecule has 120 valence electrons. The number of nitrogens with zero attached hydrogens (tertiary/aromatic N) is 1. The van der Waals surface area contributed by atoms with Gasteiger partial charge in [0.15, 0.2) is 0 Å². The Bertz CT molecular complexity index is 519. The molecule has 0 aliphatic heterocycles. The minimum absolute atomic E-state index is 0.0978. The third-order valence-corrected chi connectivity index (χ3v) is 2.98. The third kappa shape index (κ3) is 3.10. The van der Waals surface area contributed by atoms with Crippen molar-refractivity contribution in [3.63, 3.8) is 0 Å². The molecule has 1 rings (SSSR count). The van der Waals surface area contributed by atoms with Crippen LogP contribution in [-0.2, 0) is 11.8 Å². The van der Waals surface area contributed by atoms with Crippen LogP contribution < -0.4 is 0 Å². The van der Waals surface area contributed by atoms with Crippen molar-refractivity contribution in [2.75, 3.05) is 0 Å². The van der Waals surface area contributed by atoms with E-state index in [9.17, 15) is 39.5 Å². The first kappa shape index (κ1) is 18.0. The summed E-state index contributed by atoms with van der Waals surface area (Å²) in [5, 5.41) is 8.94. The van der Waals surface area contributed by atoms with Crippen LogP contribution in [0.3, 0.4) is 0 Å². The Kier molecular flexibility index (Phi) is 4.29. The Balaban J connectivity index is 3.64. The van der Waals surface area contributed by atoms with Gasteiger partial charge in [-0.15, -0.1) is 0 Å². The molecule has 0 amide bonds. The van der Waals surface area contributed by atoms with Gasteiger partial charge in [0.1, 0.15) is 0 Å². The van der Waals surface area contributed by atoms with E-state index in [0.717, 1.165) is 0 Å². The molecular weight excluding hydrogens is 389 g/mol. The molecule has 1 heterocycles. The Morgan fingerprint density at radius 3 is 1.67 bits per heavy atom. The average Bonchev–Trinajstić information content (AvgIpc) is 2.23. The van der Waals surface area contributed by atoms with Gasteiger partial charge in [-0.05, 0) is 22.0 Å². The topological polar surface area (TPSA) is 33.1 Å². The summed E-state index contributed by atoms with van der Waals surface area (Å²) in [7, 11) is 0. The van der Waals surface area contributed by atoms with Gasteiger partial charge in [-0.3, -0.25) is 4.98 Å². The molecule has 0 radical (unpaired) electrons. The van der Waals surface area contributed by atoms with Gasteiger partial charge in [-0.1, -0.05) is 0 Å². The van der Waals surface area contributed by atoms with E-state index in [1.165, 1.54) is 0 Å². The van der Waals surface area contributed by atoms with E-state index in [2.05, 4.69) is 20.9 Å². The van der Waals surface area contributed by atoms with Gasteiger partial charge in [0.05, 0.1) is 11.3 Å². The first-order chi connectivity index (χ1) is 9.12. The van der Waals surface area contributed by atoms with Gasteiger partial charge in [0.25, 0.3) is 5.60 Å². The van der Waals surface area contributed by atoms with E-state index < -0.39 is 45.9 Å². The molecule has 0 aliphatic rings. The van der Waals surface area contributed by atoms with E-state index >= 15 is 0 Å². The van der Waals surface area contributed by atoms with E-state index in [4.69, 9.17) is 5.11 Å². The molecule has 1 N–H and O–H groups in total. The molecule has 0 spiro atoms. The maximum atomic E-state index is 12.5. The van der Waals surface area contributed by atoms with Crippen molar-refractivity contribution in [1.29, 1.82) is 0 Å². The van der Waals surface area contributed by atoms with E-state index in [1.807, 2.05) is 0 Å². The van der Waals surface area contributed by atoms with Crippen LogP contribution >= 0.6 is 15.9 Å². The van der Waals surface area contributed by atoms with Gasteiger partial charge < -0.3 is 5.11 Å². The van der Waals surface area contributed by atoms with Gasteiger partial charge in [0, 0.05) is 10.7 Å². The van der Waals surface area contributed by atoms with Crippen LogP contribution in [0, 0.1) is 0 Å². The van der Waals surface area contributed by atoms with Gasteiger partial charge in [-0.2, -0.15) is 39.5 Å². The van der Waals surface area contributed by atoms with Crippen LogP contribution in [-0.4, -0.2) is 22.4 Å². The third-order valence-electron chi connectivity index (χ3n) is 2.35. The number of hydrogen-bond donors (Lipinski definition) is 1. The van der Waals surface area contributed by atoms with E-state index in [0.29, 0.717) is 0 Å². The van der Waals surface area contributed by atoms with Crippen molar-refractivity contribution < 1.29 is 44.6 Å². The summed E-state index contributed by atoms with van der Waals surface area (Å²) < 4.78 is 112. The van der Waals surface area contributed by atoms with Crippen LogP contribution in [0.2, 0.25) is 0 Å². The lowest BCUT2D eigenvalue weighted by atomic mass is 9.96. The van der Waals surface area contributed by atoms with Crippen molar-refractivity contribution in [3.05, 3.63) is 28.0 Å². The molecule has 0 aromatic carbocycles. The van der Waals surface area contributed by atoms with Crippen LogP contribution in [0.1, 0.15) is 11.3 Å². The normalized spacial score (nSPS) is 14.4. The second-order valence-electron chi connectivity index (χ2n) is 3.75. The molecule has 12 heteroatoms. The maximum Gasteiger partial charge on any atom is 0.432 e. The van der Waals surface area contributed by atoms with E-state index in [-0.39, 0.29) is 6.20 Å². The summed E-state index contributed by atoms with van der Waals surface area (Å²) >= 11 is 2.31. The fourth-order valence-electron chi connectivity index (χ4n) is 1.30. The second-order valence-corrected chi connectivity index (χ2v) is 4.61. The van der Waals surface area contributed by atoms with Gasteiger partial charge in [0.2, 0.25) is 0 Å². The van der Waals surface area contributed by atoms with Crippen LogP contribution in [0.5, 0.6) is 0 Å². The Hall–Kier alpha value is -1.04. The zero-order valence-corrected chi connectivity index (χ0v) is 10.9. The number of alkyl halides is 9. The predicted octanol–water partition coefficient (Wildman–Crippen LogP) is 4.18. The molecule has 0 fully saturated rings. The monoisotopic (exact) mass is 391 g/mol. The summed E-state index contributed by atoms with van der Waals surface area (Å²) in [6, 6.07) is -0.509. The largest absolute Gasteiger partial charge is 0.432 e. The van der Waals surface area contributed by atoms with Gasteiger partial charge >= 0.3 is 18.5 Å². The molecule has 0 bridgehead atoms. The quantitative estimate of drug-likeness (QED) is 0.728. The second kappa shape index (κ2) is 5.00. The Labute approximate surface area is 118 Å². The molecule has 0 saturated heterocycles. The molecule has 0 aliphatic carbocycles. The summed E-state index contributed by atoms with van der Waals surface area (Å²) in [4.78, 5) is 2.62. The Morgan fingerprint density at radius 1 is 0.905 bits per heavy atom. The SMILES string of the molecule is OC(c1cc(C(F)(F)F)c(Br)cn1)(C(F)(F)F)C(F)(F)F. The molecule has 1 aromatic heterocycles. The first-order valence-electron chi connectivity index (χ1n) is 4.71. The highest BCUT2D eigenvalue weighted by Gasteiger charge is 2.72. The zero-order chi connectivity index (χ0) is 16.9. The molecule has 0 unspecified atom stereocenters. The van der Waals surface area contributed by atoms with Gasteiger partial charge in [-0.25, -0.2) is 0 Å². The molecule has 0 atom stereocenters. The standard InChI is InChI=1S/C9H3BrF9NO/c10-4-2-20-5(1-3(4)7(11,12)13)6(21,8(14,15)16)9(17,18)19/h1-2,21H. The minimum atomic E-state index is -6.31. The number of rotatable bonds is 1. The van der Waals surface area contributed by atoms with Crippen LogP contribution in [0.15, 0.2) is 16.7 Å². The number of aliphatic hydroxyl groups is 1. The summed E-state index contributed by atoms with van der Waals surface area (Å²) in [6.45, 7) is 0. The van der Waals surface area contributed by atoms with Crippen molar-refractivity contribution in [1.82, 2.24) is 4.98 Å². The molecule has 2 nitrogen and oxygen atoms in total. The highest BCUT2D eigenvalue weighted by atomic mass is 79.9. The van der Waals surface area contributed by atoms with Crippen molar-refractivity contribution >= 4 is 15.9 Å². The summed E-state index contributed by atoms with van der Waals surface area (Å²) in [5.74, 6) is 0.